The molecule has 0 unspecified atom stereocenters. The average Bonchev–Trinajstić information content (AvgIpc) is 2.49. The van der Waals surface area contributed by atoms with E-state index in [1.54, 1.807) is 25.4 Å². The van der Waals surface area contributed by atoms with Crippen molar-refractivity contribution in [3.8, 4) is 5.75 Å². The molecule has 0 atom stereocenters. The number of urea groups is 1. The normalized spacial score (nSPS) is 10.2. The molecule has 2 amide bonds. The van der Waals surface area contributed by atoms with Crippen LogP contribution < -0.4 is 15.4 Å². The quantitative estimate of drug-likeness (QED) is 0.891. The first-order valence-corrected chi connectivity index (χ1v) is 6.22. The number of carbonyl (C=O) groups excluding carboxylic acids is 1. The molecular weight excluding hydrogens is 252 g/mol. The van der Waals surface area contributed by atoms with Gasteiger partial charge in [-0.3, -0.25) is 0 Å². The second kappa shape index (κ2) is 6.99. The summed E-state index contributed by atoms with van der Waals surface area (Å²) in [7, 11) is 1.56. The highest BCUT2D eigenvalue weighted by Gasteiger charge is 2.04. The molecule has 0 aliphatic heterocycles. The van der Waals surface area contributed by atoms with Crippen molar-refractivity contribution in [1.82, 2.24) is 5.32 Å². The Morgan fingerprint density at radius 1 is 1.05 bits per heavy atom. The Hall–Kier alpha value is -2.75. The van der Waals surface area contributed by atoms with Crippen LogP contribution in [0, 0.1) is 0 Å². The molecule has 2 aromatic rings. The average molecular weight is 268 g/mol. The van der Waals surface area contributed by atoms with Crippen molar-refractivity contribution in [3.05, 3.63) is 66.4 Å². The Morgan fingerprint density at radius 2 is 1.75 bits per heavy atom. The van der Waals surface area contributed by atoms with Gasteiger partial charge < -0.3 is 15.4 Å². The fourth-order valence-corrected chi connectivity index (χ4v) is 1.68. The maximum absolute atomic E-state index is 11.7. The second-order valence-corrected chi connectivity index (χ2v) is 4.04. The van der Waals surface area contributed by atoms with Gasteiger partial charge in [0.2, 0.25) is 0 Å². The number of para-hydroxylation sites is 2. The zero-order valence-corrected chi connectivity index (χ0v) is 11.2. The second-order valence-electron chi connectivity index (χ2n) is 4.04. The first kappa shape index (κ1) is 13.7. The topological polar surface area (TPSA) is 50.4 Å². The van der Waals surface area contributed by atoms with E-state index in [-0.39, 0.29) is 6.03 Å². The molecule has 0 heterocycles. The minimum absolute atomic E-state index is 0.318. The minimum Gasteiger partial charge on any atom is -0.495 e. The number of hydrogen-bond donors (Lipinski definition) is 2. The Balaban J connectivity index is 1.91. The summed E-state index contributed by atoms with van der Waals surface area (Å²) >= 11 is 0. The molecule has 4 nitrogen and oxygen atoms in total. The Morgan fingerprint density at radius 3 is 2.50 bits per heavy atom. The number of anilines is 1. The van der Waals surface area contributed by atoms with Gasteiger partial charge in [0.05, 0.1) is 12.8 Å². The van der Waals surface area contributed by atoms with Crippen LogP contribution in [0.1, 0.15) is 5.56 Å². The van der Waals surface area contributed by atoms with Gasteiger partial charge in [-0.15, -0.1) is 0 Å². The fourth-order valence-electron chi connectivity index (χ4n) is 1.68. The summed E-state index contributed by atoms with van der Waals surface area (Å²) in [6.07, 6.45) is 3.42. The van der Waals surface area contributed by atoms with Crippen LogP contribution >= 0.6 is 0 Å². The number of carbonyl (C=O) groups is 1. The molecule has 0 aromatic heterocycles. The van der Waals surface area contributed by atoms with Crippen molar-refractivity contribution in [2.24, 2.45) is 0 Å². The highest BCUT2D eigenvalue weighted by molar-refractivity contribution is 5.91. The van der Waals surface area contributed by atoms with Gasteiger partial charge in [-0.2, -0.15) is 0 Å². The molecule has 2 aromatic carbocycles. The van der Waals surface area contributed by atoms with Gasteiger partial charge in [0.25, 0.3) is 0 Å². The lowest BCUT2D eigenvalue weighted by molar-refractivity contribution is 0.255. The summed E-state index contributed by atoms with van der Waals surface area (Å²) in [6.45, 7) is 0. The number of amides is 2. The molecule has 0 saturated carbocycles. The number of benzene rings is 2. The van der Waals surface area contributed by atoms with E-state index in [4.69, 9.17) is 4.74 Å². The van der Waals surface area contributed by atoms with Gasteiger partial charge >= 0.3 is 6.03 Å². The molecule has 0 aliphatic carbocycles. The molecule has 0 saturated heterocycles. The Bertz CT molecular complexity index is 594. The predicted molar refractivity (Wildman–Crippen MR) is 80.6 cm³/mol. The molecule has 2 N–H and O–H groups in total. The van der Waals surface area contributed by atoms with E-state index in [0.29, 0.717) is 11.4 Å². The van der Waals surface area contributed by atoms with Crippen molar-refractivity contribution in [2.75, 3.05) is 12.4 Å². The van der Waals surface area contributed by atoms with E-state index in [0.717, 1.165) is 5.56 Å². The fraction of sp³-hybridized carbons (Fsp3) is 0.0625. The zero-order valence-electron chi connectivity index (χ0n) is 11.2. The van der Waals surface area contributed by atoms with Crippen molar-refractivity contribution < 1.29 is 9.53 Å². The third-order valence-electron chi connectivity index (χ3n) is 2.64. The molecule has 0 radical (unpaired) electrons. The van der Waals surface area contributed by atoms with Crippen LogP contribution in [0.5, 0.6) is 5.75 Å². The number of ether oxygens (including phenoxy) is 1. The highest BCUT2D eigenvalue weighted by Crippen LogP contribution is 2.22. The molecule has 0 bridgehead atoms. The summed E-state index contributed by atoms with van der Waals surface area (Å²) in [5.74, 6) is 0.620. The van der Waals surface area contributed by atoms with E-state index in [1.807, 2.05) is 48.5 Å². The van der Waals surface area contributed by atoms with Crippen molar-refractivity contribution in [3.63, 3.8) is 0 Å². The standard InChI is InChI=1S/C16H16N2O2/c1-20-15-10-6-5-9-14(15)18-16(19)17-12-11-13-7-3-2-4-8-13/h2-12H,1H3,(H2,17,18,19)/b12-11+. The SMILES string of the molecule is COc1ccccc1NC(=O)N/C=C/c1ccccc1. The molecule has 20 heavy (non-hydrogen) atoms. The lowest BCUT2D eigenvalue weighted by atomic mass is 10.2. The zero-order chi connectivity index (χ0) is 14.2. The van der Waals surface area contributed by atoms with Gasteiger partial charge in [0.15, 0.2) is 0 Å². The summed E-state index contributed by atoms with van der Waals surface area (Å²) in [5, 5.41) is 5.37. The van der Waals surface area contributed by atoms with E-state index in [2.05, 4.69) is 10.6 Å². The van der Waals surface area contributed by atoms with Crippen LogP contribution in [-0.2, 0) is 0 Å². The molecule has 0 fully saturated rings. The van der Waals surface area contributed by atoms with Crippen LogP contribution in [-0.4, -0.2) is 13.1 Å². The van der Waals surface area contributed by atoms with Crippen molar-refractivity contribution >= 4 is 17.8 Å². The van der Waals surface area contributed by atoms with E-state index >= 15 is 0 Å². The van der Waals surface area contributed by atoms with Crippen molar-refractivity contribution in [2.45, 2.75) is 0 Å². The van der Waals surface area contributed by atoms with Gasteiger partial charge in [-0.05, 0) is 23.8 Å². The molecule has 102 valence electrons. The molecule has 2 rings (SSSR count). The smallest absolute Gasteiger partial charge is 0.323 e. The van der Waals surface area contributed by atoms with Gasteiger partial charge in [-0.1, -0.05) is 42.5 Å². The minimum atomic E-state index is -0.318. The van der Waals surface area contributed by atoms with Crippen LogP contribution in [0.15, 0.2) is 60.8 Å². The Labute approximate surface area is 118 Å². The number of rotatable bonds is 4. The van der Waals surface area contributed by atoms with Gasteiger partial charge in [-0.25, -0.2) is 4.79 Å². The monoisotopic (exact) mass is 268 g/mol. The maximum Gasteiger partial charge on any atom is 0.323 e. The largest absolute Gasteiger partial charge is 0.495 e. The van der Waals surface area contributed by atoms with Gasteiger partial charge in [0, 0.05) is 6.20 Å². The maximum atomic E-state index is 11.7. The summed E-state index contributed by atoms with van der Waals surface area (Å²) in [4.78, 5) is 11.7. The summed E-state index contributed by atoms with van der Waals surface area (Å²) in [6, 6.07) is 16.7. The first-order valence-electron chi connectivity index (χ1n) is 6.22. The lowest BCUT2D eigenvalue weighted by Crippen LogP contribution is -2.23. The molecular formula is C16H16N2O2. The number of hydrogen-bond acceptors (Lipinski definition) is 2. The number of methoxy groups -OCH3 is 1. The predicted octanol–water partition coefficient (Wildman–Crippen LogP) is 3.49. The van der Waals surface area contributed by atoms with E-state index < -0.39 is 0 Å². The lowest BCUT2D eigenvalue weighted by Gasteiger charge is -2.09. The van der Waals surface area contributed by atoms with Crippen LogP contribution in [0.2, 0.25) is 0 Å². The van der Waals surface area contributed by atoms with Crippen molar-refractivity contribution in [1.29, 1.82) is 0 Å². The first-order chi connectivity index (χ1) is 9.79. The van der Waals surface area contributed by atoms with Gasteiger partial charge in [0.1, 0.15) is 5.75 Å². The number of nitrogens with one attached hydrogen (secondary N) is 2. The van der Waals surface area contributed by atoms with E-state index in [1.165, 1.54) is 0 Å². The highest BCUT2D eigenvalue weighted by atomic mass is 16.5. The van der Waals surface area contributed by atoms with E-state index in [9.17, 15) is 4.79 Å². The molecule has 0 spiro atoms. The Kier molecular flexibility index (Phi) is 4.78. The third kappa shape index (κ3) is 3.88. The summed E-state index contributed by atoms with van der Waals surface area (Å²) in [5.41, 5.74) is 1.64. The summed E-state index contributed by atoms with van der Waals surface area (Å²) < 4.78 is 5.16. The molecule has 0 aliphatic rings. The van der Waals surface area contributed by atoms with Crippen LogP contribution in [0.3, 0.4) is 0 Å². The third-order valence-corrected chi connectivity index (χ3v) is 2.64. The van der Waals surface area contributed by atoms with Crippen LogP contribution in [0.25, 0.3) is 6.08 Å². The molecule has 4 heteroatoms. The van der Waals surface area contributed by atoms with Crippen LogP contribution in [0.4, 0.5) is 10.5 Å².